The van der Waals surface area contributed by atoms with Gasteiger partial charge < -0.3 is 5.32 Å². The van der Waals surface area contributed by atoms with Crippen molar-refractivity contribution in [3.05, 3.63) is 71.0 Å². The Balaban J connectivity index is 2.17. The average Bonchev–Trinajstić information content (AvgIpc) is 3.25. The Morgan fingerprint density at radius 1 is 1.17 bits per heavy atom. The predicted octanol–water partition coefficient (Wildman–Crippen LogP) is 3.80. The van der Waals surface area contributed by atoms with E-state index in [1.807, 2.05) is 52.0 Å². The summed E-state index contributed by atoms with van der Waals surface area (Å²) in [6.07, 6.45) is 4.03. The highest BCUT2D eigenvalue weighted by molar-refractivity contribution is 7.03. The smallest absolute Gasteiger partial charge is 0.280 e. The topological polar surface area (TPSA) is 88.1 Å². The molecule has 0 radical (unpaired) electrons. The van der Waals surface area contributed by atoms with Gasteiger partial charge in [-0.15, -0.1) is 5.10 Å². The first-order chi connectivity index (χ1) is 14.3. The van der Waals surface area contributed by atoms with E-state index >= 15 is 0 Å². The van der Waals surface area contributed by atoms with E-state index in [1.54, 1.807) is 29.9 Å². The van der Waals surface area contributed by atoms with Crippen molar-refractivity contribution in [3.63, 3.8) is 0 Å². The van der Waals surface area contributed by atoms with Crippen LogP contribution in [-0.2, 0) is 11.2 Å². The molecule has 1 N–H and O–H groups in total. The predicted molar refractivity (Wildman–Crippen MR) is 117 cm³/mol. The summed E-state index contributed by atoms with van der Waals surface area (Å²) >= 11 is 1.09. The number of aryl methyl sites for hydroxylation is 1. The lowest BCUT2D eigenvalue weighted by Gasteiger charge is -2.33. The molecule has 0 fully saturated rings. The van der Waals surface area contributed by atoms with E-state index in [0.29, 0.717) is 11.3 Å². The van der Waals surface area contributed by atoms with E-state index in [-0.39, 0.29) is 17.5 Å². The van der Waals surface area contributed by atoms with Gasteiger partial charge >= 0.3 is 0 Å². The Hall–Kier alpha value is -3.13. The second-order valence-corrected chi connectivity index (χ2v) is 8.52. The lowest BCUT2D eigenvalue weighted by molar-refractivity contribution is -0.123. The van der Waals surface area contributed by atoms with Crippen molar-refractivity contribution in [2.45, 2.75) is 45.7 Å². The van der Waals surface area contributed by atoms with Crippen LogP contribution in [0.15, 0.2) is 54.2 Å². The molecule has 156 valence electrons. The summed E-state index contributed by atoms with van der Waals surface area (Å²) in [4.78, 5) is 32.5. The minimum atomic E-state index is -0.895. The SMILES string of the molecule is CCc1cccc(N(C(=O)c2csnn2)[C@@H](C(=O)NC(C)(C)C)c2ccncc2)c1. The van der Waals surface area contributed by atoms with Gasteiger partial charge in [0.2, 0.25) is 5.91 Å². The van der Waals surface area contributed by atoms with Crippen molar-refractivity contribution in [3.8, 4) is 0 Å². The number of anilines is 1. The number of hydrogen-bond acceptors (Lipinski definition) is 6. The third kappa shape index (κ3) is 5.07. The maximum atomic E-state index is 13.5. The number of carbonyl (C=O) groups is 2. The highest BCUT2D eigenvalue weighted by Crippen LogP contribution is 2.30. The normalized spacial score (nSPS) is 12.3. The number of benzene rings is 1. The molecule has 1 aromatic carbocycles. The standard InChI is InChI=1S/C22H25N5O2S/c1-5-15-7-6-8-17(13-15)27(21(29)18-14-30-26-25-18)19(16-9-11-23-12-10-16)20(28)24-22(2,3)4/h6-14,19H,5H2,1-4H3,(H,24,28)/t19-/m1/s1. The van der Waals surface area contributed by atoms with Crippen LogP contribution in [0.2, 0.25) is 0 Å². The fraction of sp³-hybridized carbons (Fsp3) is 0.318. The maximum Gasteiger partial charge on any atom is 0.280 e. The number of hydrogen-bond donors (Lipinski definition) is 1. The summed E-state index contributed by atoms with van der Waals surface area (Å²) in [5.74, 6) is -0.671. The molecule has 7 nitrogen and oxygen atoms in total. The van der Waals surface area contributed by atoms with Crippen molar-refractivity contribution in [2.75, 3.05) is 4.90 Å². The van der Waals surface area contributed by atoms with Crippen molar-refractivity contribution in [2.24, 2.45) is 0 Å². The number of aromatic nitrogens is 3. The summed E-state index contributed by atoms with van der Waals surface area (Å²) in [6.45, 7) is 7.76. The molecular weight excluding hydrogens is 398 g/mol. The van der Waals surface area contributed by atoms with Crippen LogP contribution in [0.25, 0.3) is 0 Å². The van der Waals surface area contributed by atoms with Gasteiger partial charge in [-0.05, 0) is 74.1 Å². The van der Waals surface area contributed by atoms with Gasteiger partial charge in [0, 0.05) is 29.0 Å². The molecular formula is C22H25N5O2S. The Morgan fingerprint density at radius 3 is 2.50 bits per heavy atom. The molecule has 0 spiro atoms. The van der Waals surface area contributed by atoms with Gasteiger partial charge in [0.15, 0.2) is 5.69 Å². The summed E-state index contributed by atoms with van der Waals surface area (Å²) in [5.41, 5.74) is 2.07. The second kappa shape index (κ2) is 9.13. The first-order valence-corrected chi connectivity index (χ1v) is 10.6. The number of amides is 2. The zero-order valence-electron chi connectivity index (χ0n) is 17.5. The minimum absolute atomic E-state index is 0.199. The van der Waals surface area contributed by atoms with Crippen molar-refractivity contribution in [1.82, 2.24) is 19.9 Å². The van der Waals surface area contributed by atoms with Crippen LogP contribution in [0.4, 0.5) is 5.69 Å². The van der Waals surface area contributed by atoms with Crippen LogP contribution in [0.3, 0.4) is 0 Å². The van der Waals surface area contributed by atoms with Gasteiger partial charge in [-0.3, -0.25) is 19.5 Å². The quantitative estimate of drug-likeness (QED) is 0.652. The number of rotatable bonds is 6. The van der Waals surface area contributed by atoms with Crippen LogP contribution in [0.5, 0.6) is 0 Å². The number of nitrogens with one attached hydrogen (secondary N) is 1. The van der Waals surface area contributed by atoms with Crippen molar-refractivity contribution < 1.29 is 9.59 Å². The van der Waals surface area contributed by atoms with Crippen molar-refractivity contribution >= 4 is 29.0 Å². The van der Waals surface area contributed by atoms with E-state index in [4.69, 9.17) is 0 Å². The maximum absolute atomic E-state index is 13.5. The first-order valence-electron chi connectivity index (χ1n) is 9.71. The molecule has 0 saturated carbocycles. The summed E-state index contributed by atoms with van der Waals surface area (Å²) < 4.78 is 3.82. The molecule has 0 aliphatic rings. The first kappa shape index (κ1) is 21.6. The fourth-order valence-corrected chi connectivity index (χ4v) is 3.52. The molecule has 2 aromatic heterocycles. The number of nitrogens with zero attached hydrogens (tertiary/aromatic N) is 4. The van der Waals surface area contributed by atoms with Gasteiger partial charge in [-0.2, -0.15) is 0 Å². The zero-order valence-corrected chi connectivity index (χ0v) is 18.3. The monoisotopic (exact) mass is 423 g/mol. The largest absolute Gasteiger partial charge is 0.349 e. The molecule has 0 aliphatic heterocycles. The van der Waals surface area contributed by atoms with Crippen LogP contribution < -0.4 is 10.2 Å². The molecule has 3 aromatic rings. The Bertz CT molecular complexity index is 1000. The highest BCUT2D eigenvalue weighted by Gasteiger charge is 2.35. The van der Waals surface area contributed by atoms with Crippen LogP contribution >= 0.6 is 11.5 Å². The van der Waals surface area contributed by atoms with E-state index in [0.717, 1.165) is 23.5 Å². The number of pyridine rings is 1. The molecule has 1 atom stereocenters. The minimum Gasteiger partial charge on any atom is -0.349 e. The Morgan fingerprint density at radius 2 is 1.90 bits per heavy atom. The Kier molecular flexibility index (Phi) is 6.56. The molecule has 30 heavy (non-hydrogen) atoms. The fourth-order valence-electron chi connectivity index (χ4n) is 3.09. The Labute approximate surface area is 180 Å². The zero-order chi connectivity index (χ0) is 21.7. The summed E-state index contributed by atoms with van der Waals surface area (Å²) in [7, 11) is 0. The molecule has 8 heteroatoms. The average molecular weight is 424 g/mol. The van der Waals surface area contributed by atoms with Gasteiger partial charge in [0.05, 0.1) is 0 Å². The van der Waals surface area contributed by atoms with Gasteiger partial charge in [-0.1, -0.05) is 23.5 Å². The third-order valence-corrected chi connectivity index (χ3v) is 4.93. The third-order valence-electron chi connectivity index (χ3n) is 4.42. The number of carbonyl (C=O) groups excluding carboxylic acids is 2. The molecule has 0 bridgehead atoms. The summed E-state index contributed by atoms with van der Waals surface area (Å²) in [5, 5.41) is 8.55. The van der Waals surface area contributed by atoms with E-state index in [1.165, 1.54) is 4.90 Å². The molecule has 2 amide bonds. The molecule has 0 saturated heterocycles. The summed E-state index contributed by atoms with van der Waals surface area (Å²) in [6, 6.07) is 10.2. The lowest BCUT2D eigenvalue weighted by atomic mass is 10.0. The molecule has 2 heterocycles. The van der Waals surface area contributed by atoms with Crippen LogP contribution in [0, 0.1) is 0 Å². The van der Waals surface area contributed by atoms with Crippen LogP contribution in [0.1, 0.15) is 55.4 Å². The molecule has 0 unspecified atom stereocenters. The molecule has 0 aliphatic carbocycles. The van der Waals surface area contributed by atoms with Crippen molar-refractivity contribution in [1.29, 1.82) is 0 Å². The second-order valence-electron chi connectivity index (χ2n) is 7.91. The van der Waals surface area contributed by atoms with Crippen LogP contribution in [-0.4, -0.2) is 31.9 Å². The van der Waals surface area contributed by atoms with E-state index in [9.17, 15) is 9.59 Å². The van der Waals surface area contributed by atoms with E-state index < -0.39 is 11.6 Å². The highest BCUT2D eigenvalue weighted by atomic mass is 32.1. The van der Waals surface area contributed by atoms with Gasteiger partial charge in [-0.25, -0.2) is 0 Å². The molecule has 3 rings (SSSR count). The van der Waals surface area contributed by atoms with E-state index in [2.05, 4.69) is 19.9 Å². The van der Waals surface area contributed by atoms with Gasteiger partial charge in [0.1, 0.15) is 6.04 Å². The van der Waals surface area contributed by atoms with Gasteiger partial charge in [0.25, 0.3) is 5.91 Å². The lowest BCUT2D eigenvalue weighted by Crippen LogP contribution is -2.49.